The minimum absolute atomic E-state index is 0.0513. The van der Waals surface area contributed by atoms with Crippen molar-refractivity contribution < 1.29 is 22.7 Å². The molecule has 31 heavy (non-hydrogen) atoms. The fourth-order valence-corrected chi connectivity index (χ4v) is 5.34. The van der Waals surface area contributed by atoms with Gasteiger partial charge in [0.2, 0.25) is 11.8 Å². The third-order valence-corrected chi connectivity index (χ3v) is 7.17. The molecule has 0 aliphatic carbocycles. The Morgan fingerprint density at radius 2 is 1.81 bits per heavy atom. The van der Waals surface area contributed by atoms with Gasteiger partial charge >= 0.3 is 0 Å². The van der Waals surface area contributed by atoms with Gasteiger partial charge in [-0.1, -0.05) is 29.5 Å². The number of sulfonamides is 1. The highest BCUT2D eigenvalue weighted by Gasteiger charge is 2.39. The summed E-state index contributed by atoms with van der Waals surface area (Å²) < 4.78 is 34.3. The fraction of sp³-hybridized carbons (Fsp3) is 0.286. The minimum Gasteiger partial charge on any atom is -0.497 e. The lowest BCUT2D eigenvalue weighted by molar-refractivity contribution is -0.128. The summed E-state index contributed by atoms with van der Waals surface area (Å²) in [6.07, 6.45) is -0.102. The summed E-state index contributed by atoms with van der Waals surface area (Å²) in [5.74, 6) is -0.0290. The Hall–Kier alpha value is -2.85. The SMILES string of the molecule is CCN1C(=O)C(CC(=O)Nc2ccc(OC)cc2)S/C1=N\S(=O)(=O)c1ccc(C)cc1. The summed E-state index contributed by atoms with van der Waals surface area (Å²) in [6.45, 7) is 3.84. The van der Waals surface area contributed by atoms with E-state index in [2.05, 4.69) is 9.71 Å². The van der Waals surface area contributed by atoms with E-state index < -0.39 is 15.3 Å². The molecule has 0 spiro atoms. The Bertz CT molecular complexity index is 1100. The molecule has 0 bridgehead atoms. The van der Waals surface area contributed by atoms with Gasteiger partial charge in [-0.25, -0.2) is 0 Å². The van der Waals surface area contributed by atoms with Gasteiger partial charge in [-0.3, -0.25) is 14.5 Å². The first-order chi connectivity index (χ1) is 14.7. The minimum atomic E-state index is -3.97. The van der Waals surface area contributed by atoms with Crippen LogP contribution in [-0.2, 0) is 19.6 Å². The molecular weight excluding hydrogens is 438 g/mol. The second-order valence-corrected chi connectivity index (χ2v) is 9.61. The van der Waals surface area contributed by atoms with Gasteiger partial charge in [0, 0.05) is 18.7 Å². The maximum Gasteiger partial charge on any atom is 0.284 e. The zero-order chi connectivity index (χ0) is 22.6. The number of thioether (sulfide) groups is 1. The number of amidine groups is 1. The highest BCUT2D eigenvalue weighted by molar-refractivity contribution is 8.16. The molecular formula is C21H23N3O5S2. The number of hydrogen-bond donors (Lipinski definition) is 1. The summed E-state index contributed by atoms with van der Waals surface area (Å²) in [4.78, 5) is 26.5. The van der Waals surface area contributed by atoms with E-state index in [-0.39, 0.29) is 34.8 Å². The number of amides is 2. The number of carbonyl (C=O) groups is 2. The smallest absolute Gasteiger partial charge is 0.284 e. The van der Waals surface area contributed by atoms with E-state index in [0.29, 0.717) is 11.4 Å². The molecule has 0 saturated carbocycles. The van der Waals surface area contributed by atoms with Gasteiger partial charge in [-0.05, 0) is 50.2 Å². The number of hydrogen-bond acceptors (Lipinski definition) is 6. The van der Waals surface area contributed by atoms with Crippen LogP contribution in [0.25, 0.3) is 0 Å². The van der Waals surface area contributed by atoms with Gasteiger partial charge in [-0.2, -0.15) is 8.42 Å². The Morgan fingerprint density at radius 3 is 2.39 bits per heavy atom. The molecule has 1 aliphatic heterocycles. The quantitative estimate of drug-likeness (QED) is 0.680. The maximum atomic E-state index is 12.7. The molecule has 0 aromatic heterocycles. The first-order valence-electron chi connectivity index (χ1n) is 9.57. The van der Waals surface area contributed by atoms with Crippen LogP contribution in [0.4, 0.5) is 5.69 Å². The van der Waals surface area contributed by atoms with Gasteiger partial charge in [0.25, 0.3) is 10.0 Å². The van der Waals surface area contributed by atoms with Gasteiger partial charge in [0.05, 0.1) is 12.0 Å². The molecule has 2 aromatic carbocycles. The number of carbonyl (C=O) groups excluding carboxylic acids is 2. The number of rotatable bonds is 7. The van der Waals surface area contributed by atoms with E-state index in [4.69, 9.17) is 4.74 Å². The molecule has 2 aromatic rings. The lowest BCUT2D eigenvalue weighted by atomic mass is 10.2. The molecule has 0 radical (unpaired) electrons. The molecule has 1 unspecified atom stereocenters. The first kappa shape index (κ1) is 22.8. The predicted octanol–water partition coefficient (Wildman–Crippen LogP) is 3.04. The van der Waals surface area contributed by atoms with Crippen molar-refractivity contribution in [3.05, 3.63) is 54.1 Å². The van der Waals surface area contributed by atoms with E-state index >= 15 is 0 Å². The van der Waals surface area contributed by atoms with Crippen molar-refractivity contribution in [2.45, 2.75) is 30.4 Å². The number of benzene rings is 2. The molecule has 1 fully saturated rings. The van der Waals surface area contributed by atoms with E-state index in [9.17, 15) is 18.0 Å². The molecule has 1 atom stereocenters. The number of ether oxygens (including phenoxy) is 1. The van der Waals surface area contributed by atoms with Crippen LogP contribution in [-0.4, -0.2) is 49.2 Å². The Morgan fingerprint density at radius 1 is 1.16 bits per heavy atom. The lowest BCUT2D eigenvalue weighted by Crippen LogP contribution is -2.33. The van der Waals surface area contributed by atoms with Crippen LogP contribution in [0.2, 0.25) is 0 Å². The van der Waals surface area contributed by atoms with Crippen LogP contribution in [0.5, 0.6) is 5.75 Å². The van der Waals surface area contributed by atoms with Gasteiger partial charge in [0.1, 0.15) is 11.0 Å². The zero-order valence-corrected chi connectivity index (χ0v) is 19.0. The van der Waals surface area contributed by atoms with Crippen LogP contribution in [0.3, 0.4) is 0 Å². The van der Waals surface area contributed by atoms with Crippen LogP contribution in [0.1, 0.15) is 18.9 Å². The molecule has 1 N–H and O–H groups in total. The van der Waals surface area contributed by atoms with Gasteiger partial charge in [0.15, 0.2) is 5.17 Å². The summed E-state index contributed by atoms with van der Waals surface area (Å²) in [6, 6.07) is 13.1. The Balaban J connectivity index is 1.73. The number of nitrogens with zero attached hydrogens (tertiary/aromatic N) is 2. The predicted molar refractivity (Wildman–Crippen MR) is 121 cm³/mol. The number of nitrogens with one attached hydrogen (secondary N) is 1. The van der Waals surface area contributed by atoms with Crippen LogP contribution < -0.4 is 10.1 Å². The number of anilines is 1. The monoisotopic (exact) mass is 461 g/mol. The number of aryl methyl sites for hydroxylation is 1. The second-order valence-electron chi connectivity index (χ2n) is 6.83. The molecule has 1 saturated heterocycles. The highest BCUT2D eigenvalue weighted by atomic mass is 32.2. The first-order valence-corrected chi connectivity index (χ1v) is 11.9. The molecule has 2 amide bonds. The van der Waals surface area contributed by atoms with Crippen LogP contribution in [0.15, 0.2) is 57.8 Å². The molecule has 3 rings (SSSR count). The third-order valence-electron chi connectivity index (χ3n) is 4.60. The van der Waals surface area contributed by atoms with E-state index in [1.807, 2.05) is 6.92 Å². The fourth-order valence-electron chi connectivity index (χ4n) is 2.92. The van der Waals surface area contributed by atoms with Gasteiger partial charge in [-0.15, -0.1) is 4.40 Å². The highest BCUT2D eigenvalue weighted by Crippen LogP contribution is 2.31. The maximum absolute atomic E-state index is 12.7. The normalized spacial score (nSPS) is 17.8. The summed E-state index contributed by atoms with van der Waals surface area (Å²) in [7, 11) is -2.42. The van der Waals surface area contributed by atoms with Crippen LogP contribution >= 0.6 is 11.8 Å². The Labute approximate surface area is 185 Å². The van der Waals surface area contributed by atoms with E-state index in [1.165, 1.54) is 17.0 Å². The largest absolute Gasteiger partial charge is 0.497 e. The van der Waals surface area contributed by atoms with Crippen molar-refractivity contribution in [1.82, 2.24) is 4.90 Å². The average Bonchev–Trinajstić information content (AvgIpc) is 3.02. The standard InChI is InChI=1S/C21H23N3O5S2/c1-4-24-20(26)18(13-19(25)22-15-7-9-16(29-3)10-8-15)30-21(24)23-31(27,28)17-11-5-14(2)6-12-17/h5-12,18H,4,13H2,1-3H3,(H,22,25)/b23-21-. The third kappa shape index (κ3) is 5.45. The molecule has 1 heterocycles. The van der Waals surface area contributed by atoms with E-state index in [0.717, 1.165) is 17.3 Å². The molecule has 1 aliphatic rings. The lowest BCUT2D eigenvalue weighted by Gasteiger charge is -2.13. The number of methoxy groups -OCH3 is 1. The van der Waals surface area contributed by atoms with Crippen molar-refractivity contribution in [1.29, 1.82) is 0 Å². The topological polar surface area (TPSA) is 105 Å². The summed E-state index contributed by atoms with van der Waals surface area (Å²) in [5, 5.41) is 2.06. The van der Waals surface area contributed by atoms with Crippen molar-refractivity contribution >= 4 is 44.5 Å². The average molecular weight is 462 g/mol. The molecule has 164 valence electrons. The van der Waals surface area contributed by atoms with Crippen molar-refractivity contribution in [3.8, 4) is 5.75 Å². The van der Waals surface area contributed by atoms with Crippen molar-refractivity contribution in [2.75, 3.05) is 19.0 Å². The van der Waals surface area contributed by atoms with E-state index in [1.54, 1.807) is 50.4 Å². The Kier molecular flexibility index (Phi) is 7.01. The molecule has 8 nitrogen and oxygen atoms in total. The summed E-state index contributed by atoms with van der Waals surface area (Å²) >= 11 is 0.987. The van der Waals surface area contributed by atoms with Crippen LogP contribution in [0, 0.1) is 6.92 Å². The summed E-state index contributed by atoms with van der Waals surface area (Å²) in [5.41, 5.74) is 1.50. The van der Waals surface area contributed by atoms with Gasteiger partial charge < -0.3 is 10.1 Å². The second kappa shape index (κ2) is 9.52. The van der Waals surface area contributed by atoms with Crippen molar-refractivity contribution in [3.63, 3.8) is 0 Å². The molecule has 10 heteroatoms. The van der Waals surface area contributed by atoms with Crippen molar-refractivity contribution in [2.24, 2.45) is 4.40 Å². The zero-order valence-electron chi connectivity index (χ0n) is 17.4.